The number of carboxylic acids is 2. The third-order valence-electron chi connectivity index (χ3n) is 7.86. The summed E-state index contributed by atoms with van der Waals surface area (Å²) < 4.78 is 87.3. The van der Waals surface area contributed by atoms with E-state index in [0.717, 1.165) is 32.5 Å². The average molecular weight is 659 g/mol. The molecule has 1 aromatic rings. The number of halogens is 6. The van der Waals surface area contributed by atoms with Gasteiger partial charge in [-0.25, -0.2) is 18.0 Å². The van der Waals surface area contributed by atoms with Crippen LogP contribution in [-0.4, -0.2) is 90.5 Å². The summed E-state index contributed by atoms with van der Waals surface area (Å²) >= 11 is 0. The van der Waals surface area contributed by atoms with Gasteiger partial charge in [-0.3, -0.25) is 0 Å². The van der Waals surface area contributed by atoms with Crippen LogP contribution in [0, 0.1) is 11.3 Å². The van der Waals surface area contributed by atoms with Crippen molar-refractivity contribution in [1.82, 2.24) is 10.2 Å². The summed E-state index contributed by atoms with van der Waals surface area (Å²) in [4.78, 5) is 20.2. The van der Waals surface area contributed by atoms with E-state index in [9.17, 15) is 34.8 Å². The van der Waals surface area contributed by atoms with Crippen LogP contribution in [0.5, 0.6) is 0 Å². The Bertz CT molecular complexity index is 1210. The molecule has 0 radical (unpaired) electrons. The van der Waals surface area contributed by atoms with Crippen molar-refractivity contribution in [1.29, 1.82) is 0 Å². The Morgan fingerprint density at radius 2 is 1.52 bits per heavy atom. The molecule has 1 heterocycles. The van der Waals surface area contributed by atoms with E-state index in [-0.39, 0.29) is 5.25 Å². The highest BCUT2D eigenvalue weighted by Gasteiger charge is 2.53. The molecule has 0 unspecified atom stereocenters. The highest BCUT2D eigenvalue weighted by molar-refractivity contribution is 7.91. The fourth-order valence-electron chi connectivity index (χ4n) is 5.47. The third-order valence-corrected chi connectivity index (χ3v) is 10.2. The van der Waals surface area contributed by atoms with E-state index < -0.39 is 34.1 Å². The number of nitrogens with zero attached hydrogens (tertiary/aromatic N) is 1. The molecule has 3 N–H and O–H groups in total. The highest BCUT2D eigenvalue weighted by Crippen LogP contribution is 2.50. The molecule has 2 saturated carbocycles. The number of hydrogen-bond acceptors (Lipinski definition) is 6. The molecule has 3 aliphatic rings. The molecule has 1 spiro atoms. The van der Waals surface area contributed by atoms with Gasteiger partial charge in [-0.15, -0.1) is 0 Å². The van der Waals surface area contributed by atoms with Gasteiger partial charge in [-0.1, -0.05) is 48.9 Å². The molecule has 8 nitrogen and oxygen atoms in total. The number of benzene rings is 1. The van der Waals surface area contributed by atoms with Crippen molar-refractivity contribution in [3.63, 3.8) is 0 Å². The summed E-state index contributed by atoms with van der Waals surface area (Å²) in [6, 6.07) is 12.0. The van der Waals surface area contributed by atoms with Crippen LogP contribution in [0.2, 0.25) is 0 Å². The summed E-state index contributed by atoms with van der Waals surface area (Å²) in [6.07, 6.45) is -2.00. The van der Waals surface area contributed by atoms with E-state index in [4.69, 9.17) is 19.8 Å². The van der Waals surface area contributed by atoms with E-state index in [2.05, 4.69) is 53.5 Å². The zero-order valence-corrected chi connectivity index (χ0v) is 25.6. The van der Waals surface area contributed by atoms with E-state index in [1.165, 1.54) is 24.8 Å². The number of likely N-dealkylation sites (tertiary alicyclic amines) is 1. The second-order valence-corrected chi connectivity index (χ2v) is 14.5. The van der Waals surface area contributed by atoms with Gasteiger partial charge >= 0.3 is 24.3 Å². The number of hydrogen-bond donors (Lipinski definition) is 3. The highest BCUT2D eigenvalue weighted by atomic mass is 32.2. The van der Waals surface area contributed by atoms with Crippen LogP contribution < -0.4 is 5.32 Å². The fourth-order valence-corrected chi connectivity index (χ4v) is 6.48. The molecule has 1 aliphatic heterocycles. The van der Waals surface area contributed by atoms with Gasteiger partial charge in [-0.05, 0) is 69.4 Å². The summed E-state index contributed by atoms with van der Waals surface area (Å²) in [7, 11) is -2.89. The molecule has 2 atom stereocenters. The molecule has 4 rings (SSSR count). The molecular weight excluding hydrogens is 618 g/mol. The molecular formula is C29H40F6N2O6S. The molecule has 1 aromatic carbocycles. The Morgan fingerprint density at radius 3 is 1.95 bits per heavy atom. The van der Waals surface area contributed by atoms with Crippen LogP contribution in [-0.2, 0) is 19.4 Å². The molecule has 15 heteroatoms. The minimum absolute atomic E-state index is 0.249. The molecule has 0 bridgehead atoms. The zero-order valence-electron chi connectivity index (χ0n) is 24.8. The van der Waals surface area contributed by atoms with Gasteiger partial charge in [0.05, 0.1) is 11.0 Å². The van der Waals surface area contributed by atoms with Crippen molar-refractivity contribution in [2.24, 2.45) is 11.3 Å². The SMILES string of the molecule is CC/C(=C\c1ccccc1)[C@H]1C[C@@H]1NC1CC2(C1)CN(CCCS(=O)(=O)C(C)C)C2.O=C(O)C(F)(F)F.O=C(O)C(F)(F)F. The Balaban J connectivity index is 0.000000402. The normalized spacial score (nSPS) is 21.7. The third kappa shape index (κ3) is 11.7. The standard InChI is InChI=1S/C25H38N2O2S.2C2HF3O2/c1-4-21(13-20-9-6-5-7-10-20)23-14-24(23)26-22-15-25(16-22)17-27(18-25)11-8-12-30(28,29)19(2)3;2*3-2(4,5)1(6)7/h5-7,9-10,13,19,22-24,26H,4,8,11-12,14-18H2,1-3H3;2*(H,6,7)/b21-13+;;/t23-,24+;;/m1../s1. The van der Waals surface area contributed by atoms with Crippen LogP contribution in [0.4, 0.5) is 26.3 Å². The molecule has 0 amide bonds. The molecule has 250 valence electrons. The van der Waals surface area contributed by atoms with E-state index >= 15 is 0 Å². The Labute approximate surface area is 253 Å². The molecule has 2 aliphatic carbocycles. The maximum Gasteiger partial charge on any atom is 0.490 e. The van der Waals surface area contributed by atoms with Gasteiger partial charge in [0.15, 0.2) is 9.84 Å². The minimum Gasteiger partial charge on any atom is -0.475 e. The number of carboxylic acid groups (broad SMARTS) is 2. The first kappa shape index (κ1) is 37.5. The lowest BCUT2D eigenvalue weighted by Gasteiger charge is -2.59. The molecule has 3 fully saturated rings. The van der Waals surface area contributed by atoms with Gasteiger partial charge in [-0.2, -0.15) is 26.3 Å². The second kappa shape index (κ2) is 15.1. The number of rotatable bonds is 10. The predicted octanol–water partition coefficient (Wildman–Crippen LogP) is 5.40. The topological polar surface area (TPSA) is 124 Å². The van der Waals surface area contributed by atoms with Crippen molar-refractivity contribution in [3.8, 4) is 0 Å². The lowest BCUT2D eigenvalue weighted by Crippen LogP contribution is -2.66. The van der Waals surface area contributed by atoms with Crippen LogP contribution in [0.25, 0.3) is 6.08 Å². The summed E-state index contributed by atoms with van der Waals surface area (Å²) in [5.41, 5.74) is 3.42. The number of aliphatic carboxylic acids is 2. The largest absolute Gasteiger partial charge is 0.490 e. The first-order valence-corrected chi connectivity index (χ1v) is 16.0. The lowest BCUT2D eigenvalue weighted by atomic mass is 9.60. The summed E-state index contributed by atoms with van der Waals surface area (Å²) in [5, 5.41) is 17.9. The molecule has 0 aromatic heterocycles. The number of sulfone groups is 1. The first-order valence-electron chi connectivity index (χ1n) is 14.2. The van der Waals surface area contributed by atoms with E-state index in [0.29, 0.717) is 29.2 Å². The van der Waals surface area contributed by atoms with Crippen LogP contribution in [0.3, 0.4) is 0 Å². The van der Waals surface area contributed by atoms with Crippen molar-refractivity contribution in [3.05, 3.63) is 41.5 Å². The predicted molar refractivity (Wildman–Crippen MR) is 153 cm³/mol. The quantitative estimate of drug-likeness (QED) is 0.286. The fraction of sp³-hybridized carbons (Fsp3) is 0.655. The Kier molecular flexibility index (Phi) is 12.9. The number of nitrogens with one attached hydrogen (secondary N) is 1. The van der Waals surface area contributed by atoms with Crippen LogP contribution in [0.1, 0.15) is 58.4 Å². The number of alkyl halides is 6. The van der Waals surface area contributed by atoms with Crippen molar-refractivity contribution < 1.29 is 54.6 Å². The lowest BCUT2D eigenvalue weighted by molar-refractivity contribution is -0.193. The van der Waals surface area contributed by atoms with Gasteiger partial charge in [0.1, 0.15) is 0 Å². The van der Waals surface area contributed by atoms with E-state index in [1.54, 1.807) is 19.4 Å². The molecule has 44 heavy (non-hydrogen) atoms. The van der Waals surface area contributed by atoms with Gasteiger partial charge in [0, 0.05) is 25.2 Å². The van der Waals surface area contributed by atoms with Gasteiger partial charge in [0.2, 0.25) is 0 Å². The van der Waals surface area contributed by atoms with Crippen LogP contribution >= 0.6 is 0 Å². The van der Waals surface area contributed by atoms with Crippen molar-refractivity contribution >= 4 is 27.9 Å². The Hall–Kier alpha value is -2.65. The van der Waals surface area contributed by atoms with Gasteiger partial charge < -0.3 is 20.4 Å². The van der Waals surface area contributed by atoms with Crippen molar-refractivity contribution in [2.75, 3.05) is 25.4 Å². The second-order valence-electron chi connectivity index (χ2n) is 11.8. The molecule has 1 saturated heterocycles. The minimum atomic E-state index is -5.08. The van der Waals surface area contributed by atoms with Gasteiger partial charge in [0.25, 0.3) is 0 Å². The summed E-state index contributed by atoms with van der Waals surface area (Å²) in [6.45, 7) is 9.09. The maximum absolute atomic E-state index is 11.9. The monoisotopic (exact) mass is 658 g/mol. The average Bonchev–Trinajstić information content (AvgIpc) is 3.63. The summed E-state index contributed by atoms with van der Waals surface area (Å²) in [5.74, 6) is -4.47. The zero-order chi connectivity index (χ0) is 33.5. The number of carbonyl (C=O) groups is 2. The van der Waals surface area contributed by atoms with E-state index in [1.807, 2.05) is 0 Å². The van der Waals surface area contributed by atoms with Crippen molar-refractivity contribution in [2.45, 2.75) is 82.6 Å². The van der Waals surface area contributed by atoms with Crippen LogP contribution in [0.15, 0.2) is 35.9 Å². The smallest absolute Gasteiger partial charge is 0.475 e. The first-order chi connectivity index (χ1) is 20.2. The Morgan fingerprint density at radius 1 is 1.02 bits per heavy atom. The maximum atomic E-state index is 11.9.